The van der Waals surface area contributed by atoms with Crippen LogP contribution in [0.1, 0.15) is 19.4 Å². The smallest absolute Gasteiger partial charge is 0.341 e. The summed E-state index contributed by atoms with van der Waals surface area (Å²) in [5.41, 5.74) is -0.473. The van der Waals surface area contributed by atoms with Gasteiger partial charge in [0.2, 0.25) is 5.91 Å². The summed E-state index contributed by atoms with van der Waals surface area (Å²) < 4.78 is 6.33. The van der Waals surface area contributed by atoms with Crippen LogP contribution in [0.5, 0.6) is 5.75 Å². The van der Waals surface area contributed by atoms with Crippen LogP contribution in [0.2, 0.25) is 0 Å². The molecule has 2 rings (SSSR count). The molecule has 0 saturated heterocycles. The molecule has 1 N–H and O–H groups in total. The summed E-state index contributed by atoms with van der Waals surface area (Å²) in [5, 5.41) is 23.3. The maximum Gasteiger partial charge on any atom is 0.341 e. The van der Waals surface area contributed by atoms with E-state index in [1.165, 1.54) is 15.8 Å². The van der Waals surface area contributed by atoms with Crippen LogP contribution in [0.25, 0.3) is 0 Å². The highest BCUT2D eigenvalue weighted by Crippen LogP contribution is 2.22. The Morgan fingerprint density at radius 2 is 1.96 bits per heavy atom. The molecule has 1 amide bonds. The number of amides is 1. The molecule has 1 aromatic heterocycles. The molecule has 10 heteroatoms. The first kappa shape index (κ1) is 19.9. The number of aliphatic carboxylic acids is 1. The van der Waals surface area contributed by atoms with Gasteiger partial charge in [-0.1, -0.05) is 12.1 Å². The van der Waals surface area contributed by atoms with Crippen molar-refractivity contribution in [2.24, 2.45) is 0 Å². The van der Waals surface area contributed by atoms with Crippen molar-refractivity contribution in [3.63, 3.8) is 0 Å². The first-order chi connectivity index (χ1) is 12.6. The Bertz CT molecular complexity index is 843. The second-order valence-electron chi connectivity index (χ2n) is 6.45. The van der Waals surface area contributed by atoms with E-state index in [1.54, 1.807) is 45.2 Å². The summed E-state index contributed by atoms with van der Waals surface area (Å²) in [7, 11) is 1.62. The number of carbonyl (C=O) groups excluding carboxylic acids is 1. The topological polar surface area (TPSA) is 128 Å². The largest absolute Gasteiger partial charge is 0.482 e. The zero-order valence-corrected chi connectivity index (χ0v) is 15.2. The molecule has 144 valence electrons. The molecule has 10 nitrogen and oxygen atoms in total. The summed E-state index contributed by atoms with van der Waals surface area (Å²) in [6, 6.07) is 6.70. The molecule has 0 aliphatic carbocycles. The van der Waals surface area contributed by atoms with Crippen molar-refractivity contribution in [2.75, 3.05) is 13.7 Å². The van der Waals surface area contributed by atoms with Crippen molar-refractivity contribution in [3.8, 4) is 5.75 Å². The van der Waals surface area contributed by atoms with Gasteiger partial charge in [-0.3, -0.25) is 19.6 Å². The van der Waals surface area contributed by atoms with Gasteiger partial charge in [-0.2, -0.15) is 5.10 Å². The van der Waals surface area contributed by atoms with Crippen LogP contribution in [0.3, 0.4) is 0 Å². The molecule has 1 aromatic carbocycles. The van der Waals surface area contributed by atoms with E-state index >= 15 is 0 Å². The zero-order chi connectivity index (χ0) is 20.2. The lowest BCUT2D eigenvalue weighted by atomic mass is 10.0. The Balaban J connectivity index is 2.05. The number of benzene rings is 1. The Morgan fingerprint density at radius 1 is 1.33 bits per heavy atom. The van der Waals surface area contributed by atoms with Gasteiger partial charge in [-0.05, 0) is 31.5 Å². The van der Waals surface area contributed by atoms with Crippen molar-refractivity contribution < 1.29 is 24.4 Å². The van der Waals surface area contributed by atoms with Crippen LogP contribution >= 0.6 is 0 Å². The Labute approximate surface area is 155 Å². The lowest BCUT2D eigenvalue weighted by Crippen LogP contribution is -2.45. The number of nitrogens with zero attached hydrogens (tertiary/aromatic N) is 4. The molecule has 0 spiro atoms. The molecule has 27 heavy (non-hydrogen) atoms. The van der Waals surface area contributed by atoms with E-state index in [2.05, 4.69) is 5.10 Å². The molecular formula is C17H20N4O6. The molecule has 0 aliphatic rings. The third kappa shape index (κ3) is 4.81. The number of rotatable bonds is 8. The predicted molar refractivity (Wildman–Crippen MR) is 94.3 cm³/mol. The number of carboxylic acid groups (broad SMARTS) is 1. The van der Waals surface area contributed by atoms with Crippen molar-refractivity contribution in [1.29, 1.82) is 0 Å². The molecule has 0 radical (unpaired) electrons. The highest BCUT2D eigenvalue weighted by molar-refractivity contribution is 5.83. The Morgan fingerprint density at radius 3 is 2.48 bits per heavy atom. The van der Waals surface area contributed by atoms with Crippen LogP contribution in [0.4, 0.5) is 5.69 Å². The van der Waals surface area contributed by atoms with E-state index < -0.39 is 23.0 Å². The number of hydrogen-bond acceptors (Lipinski definition) is 6. The van der Waals surface area contributed by atoms with Crippen LogP contribution in [-0.4, -0.2) is 50.2 Å². The fraction of sp³-hybridized carbons (Fsp3) is 0.353. The van der Waals surface area contributed by atoms with Gasteiger partial charge in [0.15, 0.2) is 6.61 Å². The van der Waals surface area contributed by atoms with Gasteiger partial charge in [0.1, 0.15) is 23.7 Å². The highest BCUT2D eigenvalue weighted by Gasteiger charge is 2.34. The SMILES string of the molecule is CN(Cc1ccc(OCC(=O)O)cc1)C(=O)C(C)(C)n1cc([N+](=O)[O-])cn1. The predicted octanol–water partition coefficient (Wildman–Crippen LogP) is 1.65. The number of carboxylic acids is 1. The summed E-state index contributed by atoms with van der Waals surface area (Å²) >= 11 is 0. The van der Waals surface area contributed by atoms with E-state index in [4.69, 9.17) is 9.84 Å². The minimum atomic E-state index is -1.10. The average molecular weight is 376 g/mol. The van der Waals surface area contributed by atoms with E-state index in [-0.39, 0.29) is 11.6 Å². The number of likely N-dealkylation sites (N-methyl/N-ethyl adjacent to an activating group) is 1. The van der Waals surface area contributed by atoms with Crippen LogP contribution in [0, 0.1) is 10.1 Å². The number of nitro groups is 1. The maximum absolute atomic E-state index is 12.8. The zero-order valence-electron chi connectivity index (χ0n) is 15.2. The number of ether oxygens (including phenoxy) is 1. The average Bonchev–Trinajstić information content (AvgIpc) is 3.11. The van der Waals surface area contributed by atoms with Crippen molar-refractivity contribution in [3.05, 3.63) is 52.3 Å². The van der Waals surface area contributed by atoms with Gasteiger partial charge in [-0.15, -0.1) is 0 Å². The summed E-state index contributed by atoms with van der Waals surface area (Å²) in [4.78, 5) is 35.0. The summed E-state index contributed by atoms with van der Waals surface area (Å²) in [6.45, 7) is 3.13. The van der Waals surface area contributed by atoms with E-state index in [0.717, 1.165) is 11.8 Å². The van der Waals surface area contributed by atoms with E-state index in [0.29, 0.717) is 12.3 Å². The van der Waals surface area contributed by atoms with Crippen LogP contribution in [0.15, 0.2) is 36.7 Å². The van der Waals surface area contributed by atoms with Crippen molar-refractivity contribution in [2.45, 2.75) is 25.9 Å². The molecule has 0 saturated carbocycles. The highest BCUT2D eigenvalue weighted by atomic mass is 16.6. The third-order valence-corrected chi connectivity index (χ3v) is 3.93. The van der Waals surface area contributed by atoms with Gasteiger partial charge in [-0.25, -0.2) is 4.79 Å². The van der Waals surface area contributed by atoms with Gasteiger partial charge < -0.3 is 14.7 Å². The molecule has 0 bridgehead atoms. The van der Waals surface area contributed by atoms with Crippen LogP contribution < -0.4 is 4.74 Å². The van der Waals surface area contributed by atoms with Gasteiger partial charge in [0.25, 0.3) is 0 Å². The molecular weight excluding hydrogens is 356 g/mol. The summed E-state index contributed by atoms with van der Waals surface area (Å²) in [6.07, 6.45) is 2.32. The standard InChI is InChI=1S/C17H20N4O6/c1-17(2,20-10-13(8-18-20)21(25)26)16(24)19(3)9-12-4-6-14(7-5-12)27-11-15(22)23/h4-8,10H,9,11H2,1-3H3,(H,22,23). The van der Waals surface area contributed by atoms with E-state index in [9.17, 15) is 19.7 Å². The minimum absolute atomic E-state index is 0.185. The lowest BCUT2D eigenvalue weighted by molar-refractivity contribution is -0.385. The van der Waals surface area contributed by atoms with E-state index in [1.807, 2.05) is 0 Å². The Kier molecular flexibility index (Phi) is 5.78. The first-order valence-electron chi connectivity index (χ1n) is 8.00. The molecule has 0 unspecified atom stereocenters. The summed E-state index contributed by atoms with van der Waals surface area (Å²) in [5.74, 6) is -0.920. The molecule has 0 fully saturated rings. The van der Waals surface area contributed by atoms with Gasteiger partial charge in [0.05, 0.1) is 4.92 Å². The third-order valence-electron chi connectivity index (χ3n) is 3.93. The number of aromatic nitrogens is 2. The molecule has 1 heterocycles. The maximum atomic E-state index is 12.8. The monoisotopic (exact) mass is 376 g/mol. The Hall–Kier alpha value is -3.43. The van der Waals surface area contributed by atoms with Crippen LogP contribution in [-0.2, 0) is 21.7 Å². The fourth-order valence-corrected chi connectivity index (χ4v) is 2.46. The number of carbonyl (C=O) groups is 2. The van der Waals surface area contributed by atoms with Gasteiger partial charge in [0, 0.05) is 13.6 Å². The molecule has 2 aromatic rings. The molecule has 0 aliphatic heterocycles. The second kappa shape index (κ2) is 7.85. The number of hydrogen-bond donors (Lipinski definition) is 1. The van der Waals surface area contributed by atoms with Gasteiger partial charge >= 0.3 is 11.7 Å². The first-order valence-corrected chi connectivity index (χ1v) is 8.00. The quantitative estimate of drug-likeness (QED) is 0.548. The fourth-order valence-electron chi connectivity index (χ4n) is 2.46. The second-order valence-corrected chi connectivity index (χ2v) is 6.45. The lowest BCUT2D eigenvalue weighted by Gasteiger charge is -2.29. The van der Waals surface area contributed by atoms with Crippen molar-refractivity contribution >= 4 is 17.6 Å². The minimum Gasteiger partial charge on any atom is -0.482 e. The molecule has 0 atom stereocenters. The van der Waals surface area contributed by atoms with Crippen molar-refractivity contribution in [1.82, 2.24) is 14.7 Å². The normalized spacial score (nSPS) is 11.1.